The molecule has 4 saturated heterocycles. The molecule has 6 aliphatic rings. The summed E-state index contributed by atoms with van der Waals surface area (Å²) in [6, 6.07) is 8.99. The molecule has 15 nitrogen and oxygen atoms in total. The van der Waals surface area contributed by atoms with Crippen LogP contribution in [0.4, 0.5) is 15.9 Å². The summed E-state index contributed by atoms with van der Waals surface area (Å²) in [5.41, 5.74) is 0.978. The number of carbonyl (C=O) groups excluding carboxylic acids is 5. The van der Waals surface area contributed by atoms with Crippen LogP contribution in [0.1, 0.15) is 101 Å². The predicted octanol–water partition coefficient (Wildman–Crippen LogP) is 4.23. The Labute approximate surface area is 351 Å². The van der Waals surface area contributed by atoms with Crippen molar-refractivity contribution in [1.29, 1.82) is 5.26 Å². The Morgan fingerprint density at radius 2 is 1.65 bits per heavy atom. The van der Waals surface area contributed by atoms with Crippen molar-refractivity contribution in [1.82, 2.24) is 30.4 Å². The van der Waals surface area contributed by atoms with Crippen molar-refractivity contribution >= 4 is 52.6 Å². The molecule has 1 aromatic heterocycles. The highest BCUT2D eigenvalue weighted by Crippen LogP contribution is 2.44. The number of amides is 5. The van der Waals surface area contributed by atoms with Gasteiger partial charge >= 0.3 is 0 Å². The molecule has 6 heterocycles. The molecule has 0 bridgehead atoms. The van der Waals surface area contributed by atoms with E-state index in [4.69, 9.17) is 21.6 Å². The number of fused-ring (bicyclic) bond motifs is 1. The topological polar surface area (TPSA) is 181 Å². The van der Waals surface area contributed by atoms with E-state index in [9.17, 15) is 24.0 Å². The number of nitrogens with one attached hydrogen (secondary N) is 2. The molecule has 5 amide bonds. The van der Waals surface area contributed by atoms with Crippen LogP contribution in [0.15, 0.2) is 42.7 Å². The summed E-state index contributed by atoms with van der Waals surface area (Å²) in [6.45, 7) is 4.72. The van der Waals surface area contributed by atoms with Crippen molar-refractivity contribution in [2.75, 3.05) is 49.1 Å². The van der Waals surface area contributed by atoms with E-state index in [-0.39, 0.29) is 58.8 Å². The molecule has 2 atom stereocenters. The molecule has 9 rings (SSSR count). The zero-order chi connectivity index (χ0) is 41.7. The number of rotatable bonds is 8. The van der Waals surface area contributed by atoms with Crippen molar-refractivity contribution < 1.29 is 33.1 Å². The van der Waals surface area contributed by atoms with Crippen molar-refractivity contribution in [3.63, 3.8) is 0 Å². The molecular formula is C43H45ClFN9O6. The monoisotopic (exact) mass is 837 g/mol. The fraction of sp³-hybridized carbons (Fsp3) is 0.488. The zero-order valence-electron chi connectivity index (χ0n) is 33.0. The number of nitriles is 1. The van der Waals surface area contributed by atoms with Crippen LogP contribution in [0.3, 0.4) is 0 Å². The molecule has 0 radical (unpaired) electrons. The average molecular weight is 838 g/mol. The Balaban J connectivity index is 0.737. The van der Waals surface area contributed by atoms with Gasteiger partial charge in [0.25, 0.3) is 17.7 Å². The minimum absolute atomic E-state index is 0.00477. The third-order valence-corrected chi connectivity index (χ3v) is 13.6. The molecule has 2 aromatic carbocycles. The van der Waals surface area contributed by atoms with Crippen LogP contribution >= 0.6 is 11.6 Å². The molecular weight excluding hydrogens is 793 g/mol. The van der Waals surface area contributed by atoms with Crippen LogP contribution in [0.25, 0.3) is 0 Å². The second-order valence-electron chi connectivity index (χ2n) is 17.0. The van der Waals surface area contributed by atoms with Gasteiger partial charge < -0.3 is 19.9 Å². The molecule has 5 aliphatic heterocycles. The number of hydrogen-bond donors (Lipinski definition) is 2. The van der Waals surface area contributed by atoms with E-state index in [1.807, 2.05) is 11.0 Å². The first-order valence-corrected chi connectivity index (χ1v) is 21.1. The molecule has 1 saturated carbocycles. The molecule has 17 heteroatoms. The highest BCUT2D eigenvalue weighted by molar-refractivity contribution is 6.31. The van der Waals surface area contributed by atoms with Gasteiger partial charge in [0.15, 0.2) is 0 Å². The number of nitrogens with zero attached hydrogens (tertiary/aromatic N) is 7. The van der Waals surface area contributed by atoms with E-state index in [0.717, 1.165) is 94.3 Å². The van der Waals surface area contributed by atoms with Gasteiger partial charge in [0.2, 0.25) is 11.8 Å². The van der Waals surface area contributed by atoms with Gasteiger partial charge in [-0.25, -0.2) is 14.4 Å². The summed E-state index contributed by atoms with van der Waals surface area (Å²) in [6.07, 6.45) is 10.1. The first-order valence-electron chi connectivity index (χ1n) is 20.8. The Morgan fingerprint density at radius 3 is 2.35 bits per heavy atom. The lowest BCUT2D eigenvalue weighted by atomic mass is 9.86. The summed E-state index contributed by atoms with van der Waals surface area (Å²) in [4.78, 5) is 80.5. The number of benzene rings is 2. The second kappa shape index (κ2) is 16.1. The number of aromatic nitrogens is 2. The lowest BCUT2D eigenvalue weighted by molar-refractivity contribution is -0.136. The maximum Gasteiger partial charge on any atom is 0.271 e. The van der Waals surface area contributed by atoms with Crippen LogP contribution in [0, 0.1) is 22.6 Å². The minimum atomic E-state index is -1.10. The third-order valence-electron chi connectivity index (χ3n) is 13.3. The van der Waals surface area contributed by atoms with E-state index in [1.54, 1.807) is 30.6 Å². The smallest absolute Gasteiger partial charge is 0.271 e. The Kier molecular flexibility index (Phi) is 10.7. The van der Waals surface area contributed by atoms with E-state index >= 15 is 4.39 Å². The number of carbonyl (C=O) groups is 5. The first-order chi connectivity index (χ1) is 29.0. The van der Waals surface area contributed by atoms with Crippen LogP contribution in [-0.2, 0) is 9.59 Å². The van der Waals surface area contributed by atoms with E-state index in [1.165, 1.54) is 6.07 Å². The highest BCUT2D eigenvalue weighted by atomic mass is 35.5. The maximum absolute atomic E-state index is 15.7. The molecule has 2 unspecified atom stereocenters. The summed E-state index contributed by atoms with van der Waals surface area (Å²) in [7, 11) is 0. The lowest BCUT2D eigenvalue weighted by Crippen LogP contribution is -2.54. The summed E-state index contributed by atoms with van der Waals surface area (Å²) >= 11 is 6.15. The first kappa shape index (κ1) is 39.8. The van der Waals surface area contributed by atoms with Gasteiger partial charge in [-0.15, -0.1) is 0 Å². The van der Waals surface area contributed by atoms with Gasteiger partial charge in [0.05, 0.1) is 45.9 Å². The van der Waals surface area contributed by atoms with Crippen LogP contribution in [0.5, 0.6) is 5.75 Å². The fourth-order valence-electron chi connectivity index (χ4n) is 9.98. The van der Waals surface area contributed by atoms with E-state index < -0.39 is 35.5 Å². The zero-order valence-corrected chi connectivity index (χ0v) is 33.8. The van der Waals surface area contributed by atoms with Crippen LogP contribution in [-0.4, -0.2) is 113 Å². The van der Waals surface area contributed by atoms with Crippen molar-refractivity contribution in [3.05, 3.63) is 75.9 Å². The number of hydrogen-bond acceptors (Lipinski definition) is 12. The number of piperidine rings is 2. The largest absolute Gasteiger partial charge is 0.490 e. The van der Waals surface area contributed by atoms with Gasteiger partial charge in [-0.3, -0.25) is 39.1 Å². The molecule has 2 N–H and O–H groups in total. The standard InChI is InChI=1S/C43H45ClFN9O6/c44-32-17-29(4-1-25(32)20-46)60-28-5-2-26(3-6-28)49-39(56)34-21-48-37(22-47-34)51-13-9-27(10-14-51)52-15-11-43(23-52)12-16-53(24-43)36-19-31-30(18-33(36)45)41(58)54(42(31)59)35-7-8-38(55)50-40(35)57/h1,4,17-19,21-22,26-28,35H,2-3,5-16,23-24H2,(H,49,56)(H,50,55,57). The Morgan fingerprint density at radius 1 is 0.900 bits per heavy atom. The lowest BCUT2D eigenvalue weighted by Gasteiger charge is -2.38. The molecule has 5 fully saturated rings. The molecule has 312 valence electrons. The van der Waals surface area contributed by atoms with Crippen LogP contribution < -0.4 is 25.2 Å². The fourth-order valence-corrected chi connectivity index (χ4v) is 10.2. The number of ether oxygens (including phenoxy) is 1. The minimum Gasteiger partial charge on any atom is -0.490 e. The van der Waals surface area contributed by atoms with Gasteiger partial charge in [-0.05, 0) is 88.6 Å². The van der Waals surface area contributed by atoms with Crippen molar-refractivity contribution in [3.8, 4) is 11.8 Å². The maximum atomic E-state index is 15.7. The van der Waals surface area contributed by atoms with Crippen LogP contribution in [0.2, 0.25) is 5.02 Å². The number of anilines is 2. The highest BCUT2D eigenvalue weighted by Gasteiger charge is 2.48. The average Bonchev–Trinajstić information content (AvgIpc) is 3.93. The SMILES string of the molecule is N#Cc1ccc(OC2CCC(NC(=O)c3cnc(N4CCC(N5CCC6(CCN(c7cc8c(cc7F)C(=O)N(C7CCC(=O)NC7=O)C8=O)C6)C5)CC4)cn3)CC2)cc1Cl. The number of imide groups is 2. The Hall–Kier alpha value is -5.66. The predicted molar refractivity (Wildman–Crippen MR) is 216 cm³/mol. The quantitative estimate of drug-likeness (QED) is 0.309. The normalized spacial score (nSPS) is 26.1. The summed E-state index contributed by atoms with van der Waals surface area (Å²) in [5.74, 6) is -1.96. The molecule has 1 spiro atoms. The third kappa shape index (κ3) is 7.64. The second-order valence-corrected chi connectivity index (χ2v) is 17.4. The summed E-state index contributed by atoms with van der Waals surface area (Å²) in [5, 5.41) is 14.8. The van der Waals surface area contributed by atoms with Crippen molar-refractivity contribution in [2.24, 2.45) is 5.41 Å². The van der Waals surface area contributed by atoms with Gasteiger partial charge in [-0.1, -0.05) is 11.6 Å². The van der Waals surface area contributed by atoms with E-state index in [2.05, 4.69) is 30.4 Å². The van der Waals surface area contributed by atoms with Gasteiger partial charge in [0, 0.05) is 62.7 Å². The molecule has 60 heavy (non-hydrogen) atoms. The molecule has 1 aliphatic carbocycles. The van der Waals surface area contributed by atoms with E-state index in [0.29, 0.717) is 35.5 Å². The van der Waals surface area contributed by atoms with Gasteiger partial charge in [-0.2, -0.15) is 5.26 Å². The number of halogens is 2. The van der Waals surface area contributed by atoms with Gasteiger partial charge in [0.1, 0.15) is 35.2 Å². The Bertz CT molecular complexity index is 2290. The molecule has 3 aromatic rings. The summed E-state index contributed by atoms with van der Waals surface area (Å²) < 4.78 is 21.7. The number of likely N-dealkylation sites (tertiary alicyclic amines) is 1. The van der Waals surface area contributed by atoms with Crippen molar-refractivity contribution in [2.45, 2.75) is 88.4 Å².